The van der Waals surface area contributed by atoms with Crippen molar-refractivity contribution in [1.82, 2.24) is 0 Å². The Labute approximate surface area is 93.5 Å². The maximum atomic E-state index is 12.6. The van der Waals surface area contributed by atoms with E-state index in [4.69, 9.17) is 0 Å². The summed E-state index contributed by atoms with van der Waals surface area (Å²) in [7, 11) is 0. The van der Waals surface area contributed by atoms with E-state index in [0.29, 0.717) is 0 Å². The van der Waals surface area contributed by atoms with Gasteiger partial charge in [0.05, 0.1) is 0 Å². The van der Waals surface area contributed by atoms with E-state index in [1.165, 1.54) is 12.1 Å². The van der Waals surface area contributed by atoms with Gasteiger partial charge in [-0.15, -0.1) is 0 Å². The molecule has 0 bridgehead atoms. The van der Waals surface area contributed by atoms with Crippen LogP contribution in [0.2, 0.25) is 0 Å². The first kappa shape index (κ1) is 10.4. The van der Waals surface area contributed by atoms with Crippen LogP contribution in [0.25, 0.3) is 6.08 Å². The SMILES string of the molecule is OC(/C=C/c1ccc(F)cc1)=C1C=CC=C1. The summed E-state index contributed by atoms with van der Waals surface area (Å²) in [6.45, 7) is 0. The lowest BCUT2D eigenvalue weighted by molar-refractivity contribution is 0.430. The predicted octanol–water partition coefficient (Wildman–Crippen LogP) is 3.78. The number of benzene rings is 1. The maximum Gasteiger partial charge on any atom is 0.123 e. The third kappa shape index (κ3) is 2.48. The first-order valence-corrected chi connectivity index (χ1v) is 4.97. The number of aliphatic hydroxyl groups is 1. The minimum atomic E-state index is -0.263. The summed E-state index contributed by atoms with van der Waals surface area (Å²) in [5.41, 5.74) is 1.62. The van der Waals surface area contributed by atoms with Gasteiger partial charge in [-0.2, -0.15) is 0 Å². The number of allylic oxidation sites excluding steroid dienone is 6. The van der Waals surface area contributed by atoms with Gasteiger partial charge in [-0.05, 0) is 23.8 Å². The van der Waals surface area contributed by atoms with Crippen molar-refractivity contribution in [2.75, 3.05) is 0 Å². The van der Waals surface area contributed by atoms with Crippen LogP contribution < -0.4 is 0 Å². The molecule has 2 heteroatoms. The van der Waals surface area contributed by atoms with Crippen molar-refractivity contribution in [2.45, 2.75) is 0 Å². The Morgan fingerprint density at radius 3 is 2.31 bits per heavy atom. The third-order valence-corrected chi connectivity index (χ3v) is 2.26. The van der Waals surface area contributed by atoms with E-state index in [1.807, 2.05) is 24.3 Å². The van der Waals surface area contributed by atoms with Gasteiger partial charge in [-0.1, -0.05) is 42.5 Å². The second kappa shape index (κ2) is 4.62. The molecule has 1 aliphatic carbocycles. The van der Waals surface area contributed by atoms with E-state index in [9.17, 15) is 9.50 Å². The standard InChI is InChI=1S/C14H11FO/c15-13-8-5-11(6-9-13)7-10-14(16)12-3-1-2-4-12/h1-10,16H/b10-7+. The predicted molar refractivity (Wildman–Crippen MR) is 63.4 cm³/mol. The molecule has 0 aliphatic heterocycles. The molecule has 1 aromatic rings. The molecule has 0 aromatic heterocycles. The van der Waals surface area contributed by atoms with E-state index in [1.54, 1.807) is 24.3 Å². The van der Waals surface area contributed by atoms with Crippen LogP contribution in [-0.4, -0.2) is 5.11 Å². The normalized spacial score (nSPS) is 13.9. The fraction of sp³-hybridized carbons (Fsp3) is 0. The number of rotatable bonds is 2. The third-order valence-electron chi connectivity index (χ3n) is 2.26. The molecule has 80 valence electrons. The highest BCUT2D eigenvalue weighted by Gasteiger charge is 1.98. The summed E-state index contributed by atoms with van der Waals surface area (Å²) >= 11 is 0. The average Bonchev–Trinajstić information content (AvgIpc) is 2.81. The summed E-state index contributed by atoms with van der Waals surface area (Å²) in [6, 6.07) is 6.09. The lowest BCUT2D eigenvalue weighted by atomic mass is 10.1. The van der Waals surface area contributed by atoms with Crippen LogP contribution in [0.15, 0.2) is 66.0 Å². The Bertz CT molecular complexity index is 476. The van der Waals surface area contributed by atoms with Crippen LogP contribution in [0.3, 0.4) is 0 Å². The molecule has 0 saturated heterocycles. The van der Waals surface area contributed by atoms with Crippen LogP contribution in [0.5, 0.6) is 0 Å². The van der Waals surface area contributed by atoms with Gasteiger partial charge in [0.25, 0.3) is 0 Å². The highest BCUT2D eigenvalue weighted by Crippen LogP contribution is 2.13. The van der Waals surface area contributed by atoms with Crippen molar-refractivity contribution in [1.29, 1.82) is 0 Å². The monoisotopic (exact) mass is 214 g/mol. The Hall–Kier alpha value is -2.09. The van der Waals surface area contributed by atoms with Crippen LogP contribution >= 0.6 is 0 Å². The molecule has 2 rings (SSSR count). The molecule has 16 heavy (non-hydrogen) atoms. The minimum absolute atomic E-state index is 0.203. The first-order valence-electron chi connectivity index (χ1n) is 4.97. The molecule has 0 spiro atoms. The van der Waals surface area contributed by atoms with Crippen LogP contribution in [0, 0.1) is 5.82 Å². The molecule has 0 unspecified atom stereocenters. The maximum absolute atomic E-state index is 12.6. The molecule has 0 atom stereocenters. The molecule has 1 aliphatic rings. The fourth-order valence-electron chi connectivity index (χ4n) is 1.39. The van der Waals surface area contributed by atoms with Crippen molar-refractivity contribution < 1.29 is 9.50 Å². The van der Waals surface area contributed by atoms with Crippen molar-refractivity contribution in [3.05, 3.63) is 77.4 Å². The number of halogens is 1. The van der Waals surface area contributed by atoms with Gasteiger partial charge in [0.2, 0.25) is 0 Å². The fourth-order valence-corrected chi connectivity index (χ4v) is 1.39. The molecular weight excluding hydrogens is 203 g/mol. The van der Waals surface area contributed by atoms with Gasteiger partial charge in [0.15, 0.2) is 0 Å². The smallest absolute Gasteiger partial charge is 0.123 e. The lowest BCUT2D eigenvalue weighted by Crippen LogP contribution is -1.80. The average molecular weight is 214 g/mol. The zero-order valence-corrected chi connectivity index (χ0v) is 8.60. The van der Waals surface area contributed by atoms with Crippen LogP contribution in [0.4, 0.5) is 4.39 Å². The Morgan fingerprint density at radius 1 is 1.06 bits per heavy atom. The summed E-state index contributed by atoms with van der Waals surface area (Å²) in [6.07, 6.45) is 10.7. The summed E-state index contributed by atoms with van der Waals surface area (Å²) in [5.74, 6) is -0.0595. The Kier molecular flexibility index (Phi) is 3.01. The Balaban J connectivity index is 2.15. The highest BCUT2D eigenvalue weighted by molar-refractivity contribution is 5.54. The summed E-state index contributed by atoms with van der Waals surface area (Å²) < 4.78 is 12.6. The lowest BCUT2D eigenvalue weighted by Gasteiger charge is -1.96. The zero-order valence-electron chi connectivity index (χ0n) is 8.60. The first-order chi connectivity index (χ1) is 7.75. The summed E-state index contributed by atoms with van der Waals surface area (Å²) in [4.78, 5) is 0. The zero-order chi connectivity index (χ0) is 11.4. The molecule has 1 aromatic carbocycles. The summed E-state index contributed by atoms with van der Waals surface area (Å²) in [5, 5.41) is 9.68. The van der Waals surface area contributed by atoms with E-state index in [0.717, 1.165) is 11.1 Å². The molecule has 0 radical (unpaired) electrons. The number of aliphatic hydroxyl groups excluding tert-OH is 1. The molecule has 0 saturated carbocycles. The quantitative estimate of drug-likeness (QED) is 0.743. The van der Waals surface area contributed by atoms with E-state index in [2.05, 4.69) is 0 Å². The largest absolute Gasteiger partial charge is 0.507 e. The van der Waals surface area contributed by atoms with Gasteiger partial charge < -0.3 is 5.11 Å². The van der Waals surface area contributed by atoms with Gasteiger partial charge in [0, 0.05) is 5.57 Å². The second-order valence-electron chi connectivity index (χ2n) is 3.44. The topological polar surface area (TPSA) is 20.2 Å². The van der Waals surface area contributed by atoms with Gasteiger partial charge in [-0.25, -0.2) is 4.39 Å². The van der Waals surface area contributed by atoms with Crippen molar-refractivity contribution in [3.8, 4) is 0 Å². The van der Waals surface area contributed by atoms with E-state index in [-0.39, 0.29) is 11.6 Å². The molecule has 0 fully saturated rings. The van der Waals surface area contributed by atoms with Gasteiger partial charge in [0.1, 0.15) is 11.6 Å². The number of hydrogen-bond donors (Lipinski definition) is 1. The van der Waals surface area contributed by atoms with Crippen molar-refractivity contribution in [3.63, 3.8) is 0 Å². The molecule has 1 nitrogen and oxygen atoms in total. The minimum Gasteiger partial charge on any atom is -0.507 e. The van der Waals surface area contributed by atoms with Crippen LogP contribution in [0.1, 0.15) is 5.56 Å². The van der Waals surface area contributed by atoms with E-state index < -0.39 is 0 Å². The molecule has 0 heterocycles. The molecular formula is C14H11FO. The molecule has 0 amide bonds. The Morgan fingerprint density at radius 2 is 1.69 bits per heavy atom. The van der Waals surface area contributed by atoms with Crippen LogP contribution in [-0.2, 0) is 0 Å². The highest BCUT2D eigenvalue weighted by atomic mass is 19.1. The number of hydrogen-bond acceptors (Lipinski definition) is 1. The van der Waals surface area contributed by atoms with E-state index >= 15 is 0 Å². The molecule has 1 N–H and O–H groups in total. The van der Waals surface area contributed by atoms with Gasteiger partial charge >= 0.3 is 0 Å². The second-order valence-corrected chi connectivity index (χ2v) is 3.44. The van der Waals surface area contributed by atoms with Crippen molar-refractivity contribution in [2.24, 2.45) is 0 Å². The van der Waals surface area contributed by atoms with Gasteiger partial charge in [-0.3, -0.25) is 0 Å². The van der Waals surface area contributed by atoms with Crippen molar-refractivity contribution >= 4 is 6.08 Å².